The Kier molecular flexibility index (Phi) is 6.28. The molecule has 1 saturated carbocycles. The third-order valence-corrected chi connectivity index (χ3v) is 5.94. The first-order chi connectivity index (χ1) is 13.1. The number of nitrogens with zero attached hydrogens (tertiary/aromatic N) is 2. The van der Waals surface area contributed by atoms with Gasteiger partial charge in [0, 0.05) is 81.2 Å². The van der Waals surface area contributed by atoms with Gasteiger partial charge in [0.05, 0.1) is 11.2 Å². The molecule has 0 spiro atoms. The molecule has 1 radical (unpaired) electrons. The van der Waals surface area contributed by atoms with Crippen LogP contribution in [0.3, 0.4) is 0 Å². The summed E-state index contributed by atoms with van der Waals surface area (Å²) in [6, 6.07) is 11.2. The Labute approximate surface area is 193 Å². The second-order valence-corrected chi connectivity index (χ2v) is 7.39. The molecule has 2 atom stereocenters. The summed E-state index contributed by atoms with van der Waals surface area (Å²) < 4.78 is 29.3. The van der Waals surface area contributed by atoms with E-state index in [1.54, 1.807) is 16.8 Å². The molecule has 149 valence electrons. The van der Waals surface area contributed by atoms with E-state index in [2.05, 4.69) is 10.2 Å². The van der Waals surface area contributed by atoms with Gasteiger partial charge in [0.15, 0.2) is 5.43 Å². The number of aromatic nitrogens is 1. The first kappa shape index (κ1) is 22.1. The van der Waals surface area contributed by atoms with Gasteiger partial charge in [0.2, 0.25) is 0 Å². The van der Waals surface area contributed by atoms with Gasteiger partial charge in [-0.25, -0.2) is 8.78 Å². The molecular weight excluding hydrogens is 449 g/mol. The third-order valence-electron chi connectivity index (χ3n) is 5.94. The quantitative estimate of drug-likeness (QED) is 0.596. The molecule has 1 aromatic heterocycles. The monoisotopic (exact) mass is 471 g/mol. The van der Waals surface area contributed by atoms with Crippen LogP contribution >= 0.6 is 0 Å². The van der Waals surface area contributed by atoms with Crippen molar-refractivity contribution in [2.24, 2.45) is 11.8 Å². The number of benzene rings is 2. The minimum absolute atomic E-state index is 0. The van der Waals surface area contributed by atoms with Crippen molar-refractivity contribution in [1.82, 2.24) is 9.88 Å². The smallest absolute Gasteiger partial charge is 0.189 e. The molecule has 4 nitrogen and oxygen atoms in total. The van der Waals surface area contributed by atoms with E-state index < -0.39 is 11.6 Å². The Hall–Kier alpha value is -1.63. The number of pyridine rings is 1. The molecule has 2 unspecified atom stereocenters. The van der Waals surface area contributed by atoms with Gasteiger partial charge in [0.25, 0.3) is 0 Å². The maximum atomic E-state index is 14.3. The fourth-order valence-corrected chi connectivity index (χ4v) is 4.49. The van der Waals surface area contributed by atoms with Gasteiger partial charge in [-0.3, -0.25) is 4.79 Å². The topological polar surface area (TPSA) is 37.3 Å². The van der Waals surface area contributed by atoms with E-state index in [1.807, 2.05) is 19.2 Å². The summed E-state index contributed by atoms with van der Waals surface area (Å²) in [5.41, 5.74) is 1.75. The molecule has 3 aromatic rings. The normalized spacial score (nSPS) is 22.0. The van der Waals surface area contributed by atoms with Gasteiger partial charge < -0.3 is 22.2 Å². The zero-order valence-corrected chi connectivity index (χ0v) is 19.2. The van der Waals surface area contributed by atoms with Gasteiger partial charge in [-0.05, 0) is 49.2 Å². The molecule has 1 N–H and O–H groups in total. The van der Waals surface area contributed by atoms with Crippen molar-refractivity contribution in [1.29, 1.82) is 0 Å². The number of rotatable bonds is 3. The van der Waals surface area contributed by atoms with Crippen LogP contribution in [0.15, 0.2) is 53.5 Å². The molecule has 2 heterocycles. The fourth-order valence-electron chi connectivity index (χ4n) is 4.49. The SMILES string of the molecule is CNC1C2CN(c3ccc4c(=O)ccn(-c5ccc(F)cc5F)c4c3)CC21.[CH3-].[Y]. The first-order valence-electron chi connectivity index (χ1n) is 9.10. The molecule has 1 aliphatic heterocycles. The number of halogens is 2. The van der Waals surface area contributed by atoms with Crippen LogP contribution in [0, 0.1) is 30.9 Å². The second-order valence-electron chi connectivity index (χ2n) is 7.39. The zero-order valence-electron chi connectivity index (χ0n) is 16.4. The van der Waals surface area contributed by atoms with Gasteiger partial charge >= 0.3 is 0 Å². The van der Waals surface area contributed by atoms with E-state index in [4.69, 9.17) is 0 Å². The summed E-state index contributed by atoms with van der Waals surface area (Å²) in [6.45, 7) is 1.95. The van der Waals surface area contributed by atoms with Gasteiger partial charge in [-0.1, -0.05) is 0 Å². The van der Waals surface area contributed by atoms with Crippen LogP contribution in [0.4, 0.5) is 14.5 Å². The number of nitrogens with one attached hydrogen (secondary N) is 1. The van der Waals surface area contributed by atoms with Crippen molar-refractivity contribution in [3.05, 3.63) is 77.9 Å². The number of piperidine rings is 1. The zero-order chi connectivity index (χ0) is 18.7. The Bertz CT molecular complexity index is 1100. The van der Waals surface area contributed by atoms with Crippen LogP contribution in [0.1, 0.15) is 0 Å². The average molecular weight is 471 g/mol. The minimum atomic E-state index is -0.662. The molecule has 0 bridgehead atoms. The molecule has 5 rings (SSSR count). The van der Waals surface area contributed by atoms with E-state index in [-0.39, 0.29) is 51.3 Å². The van der Waals surface area contributed by atoms with E-state index >= 15 is 0 Å². The van der Waals surface area contributed by atoms with Gasteiger partial charge in [0.1, 0.15) is 11.6 Å². The van der Waals surface area contributed by atoms with Crippen LogP contribution in [-0.4, -0.2) is 30.7 Å². The largest absolute Gasteiger partial charge is 0.371 e. The van der Waals surface area contributed by atoms with E-state index in [0.717, 1.165) is 24.8 Å². The van der Waals surface area contributed by atoms with Crippen molar-refractivity contribution >= 4 is 16.6 Å². The van der Waals surface area contributed by atoms with Crippen LogP contribution in [-0.2, 0) is 32.7 Å². The molecular formula is C22H22F2N3OY-. The predicted octanol–water partition coefficient (Wildman–Crippen LogP) is 3.37. The maximum absolute atomic E-state index is 14.3. The molecule has 7 heteroatoms. The third kappa shape index (κ3) is 3.67. The number of fused-ring (bicyclic) bond motifs is 2. The predicted molar refractivity (Wildman–Crippen MR) is 108 cm³/mol. The van der Waals surface area contributed by atoms with Crippen molar-refractivity contribution in [2.75, 3.05) is 25.0 Å². The summed E-state index contributed by atoms with van der Waals surface area (Å²) >= 11 is 0. The number of hydrogen-bond acceptors (Lipinski definition) is 3. The molecule has 1 aliphatic carbocycles. The minimum Gasteiger partial charge on any atom is -0.371 e. The Morgan fingerprint density at radius 1 is 1.03 bits per heavy atom. The Morgan fingerprint density at radius 2 is 1.76 bits per heavy atom. The van der Waals surface area contributed by atoms with E-state index in [1.165, 1.54) is 18.2 Å². The molecule has 2 aliphatic rings. The van der Waals surface area contributed by atoms with Gasteiger partial charge in [-0.2, -0.15) is 0 Å². The van der Waals surface area contributed by atoms with Crippen LogP contribution in [0.5, 0.6) is 0 Å². The van der Waals surface area contributed by atoms with Gasteiger partial charge in [-0.15, -0.1) is 0 Å². The first-order valence-corrected chi connectivity index (χ1v) is 9.10. The Morgan fingerprint density at radius 3 is 2.41 bits per heavy atom. The van der Waals surface area contributed by atoms with E-state index in [0.29, 0.717) is 28.8 Å². The molecule has 1 saturated heterocycles. The molecule has 2 fully saturated rings. The van der Waals surface area contributed by atoms with Crippen LogP contribution < -0.4 is 15.6 Å². The van der Waals surface area contributed by atoms with Crippen LogP contribution in [0.2, 0.25) is 0 Å². The summed E-state index contributed by atoms with van der Waals surface area (Å²) in [6.07, 6.45) is 1.54. The number of hydrogen-bond donors (Lipinski definition) is 1. The van der Waals surface area contributed by atoms with Crippen molar-refractivity contribution in [3.63, 3.8) is 0 Å². The summed E-state index contributed by atoms with van der Waals surface area (Å²) in [7, 11) is 2.00. The standard InChI is InChI=1S/C21H19F2N3O.CH3.Y/c1-24-21-15-10-25(11-16(15)21)13-3-4-14-19(9-13)26(7-6-20(14)27)18-5-2-12(22)8-17(18)23;;/h2-9,15-16,21,24H,10-11H2,1H3;1H3;/q;-1;. The second kappa shape index (κ2) is 8.25. The van der Waals surface area contributed by atoms with Crippen molar-refractivity contribution in [2.45, 2.75) is 6.04 Å². The Balaban J connectivity index is 0.00000120. The molecule has 0 amide bonds. The fraction of sp³-hybridized carbons (Fsp3) is 0.273. The molecule has 29 heavy (non-hydrogen) atoms. The number of anilines is 1. The summed E-state index contributed by atoms with van der Waals surface area (Å²) in [4.78, 5) is 14.6. The van der Waals surface area contributed by atoms with Crippen LogP contribution in [0.25, 0.3) is 16.6 Å². The average Bonchev–Trinajstić information content (AvgIpc) is 3.13. The maximum Gasteiger partial charge on any atom is 0.189 e. The van der Waals surface area contributed by atoms with E-state index in [9.17, 15) is 13.6 Å². The van der Waals surface area contributed by atoms with Crippen molar-refractivity contribution < 1.29 is 41.5 Å². The molecule has 2 aromatic carbocycles. The van der Waals surface area contributed by atoms with Crippen molar-refractivity contribution in [3.8, 4) is 5.69 Å². The summed E-state index contributed by atoms with van der Waals surface area (Å²) in [5.74, 6) is 0.0405. The summed E-state index contributed by atoms with van der Waals surface area (Å²) in [5, 5.41) is 3.86.